The molecule has 1 aromatic heterocycles. The molecule has 3 atom stereocenters. The van der Waals surface area contributed by atoms with Gasteiger partial charge in [0, 0.05) is 23.4 Å². The van der Waals surface area contributed by atoms with Crippen LogP contribution in [0.25, 0.3) is 0 Å². The number of methoxy groups -OCH3 is 1. The zero-order chi connectivity index (χ0) is 17.5. The predicted molar refractivity (Wildman–Crippen MR) is 92.7 cm³/mol. The van der Waals surface area contributed by atoms with Gasteiger partial charge in [-0.25, -0.2) is 0 Å². The first-order valence-corrected chi connectivity index (χ1v) is 8.55. The molecule has 5 nitrogen and oxygen atoms in total. The van der Waals surface area contributed by atoms with Gasteiger partial charge < -0.3 is 14.2 Å². The second-order valence-corrected chi connectivity index (χ2v) is 6.14. The van der Waals surface area contributed by atoms with E-state index in [9.17, 15) is 4.79 Å². The minimum atomic E-state index is -0.399. The molecule has 3 rings (SSSR count). The molecule has 2 heterocycles. The zero-order valence-electron chi connectivity index (χ0n) is 14.3. The van der Waals surface area contributed by atoms with Gasteiger partial charge in [-0.2, -0.15) is 0 Å². The summed E-state index contributed by atoms with van der Waals surface area (Å²) < 4.78 is 16.8. The molecule has 0 bridgehead atoms. The molecular weight excluding hydrogens is 318 g/mol. The van der Waals surface area contributed by atoms with Crippen molar-refractivity contribution in [1.82, 2.24) is 4.98 Å². The van der Waals surface area contributed by atoms with E-state index in [-0.39, 0.29) is 18.0 Å². The number of carbonyl (C=O) groups excluding carboxylic acids is 1. The van der Waals surface area contributed by atoms with Crippen molar-refractivity contribution >= 4 is 5.97 Å². The number of nitrogens with zero attached hydrogens (tertiary/aromatic N) is 1. The highest BCUT2D eigenvalue weighted by molar-refractivity contribution is 5.69. The summed E-state index contributed by atoms with van der Waals surface area (Å²) in [6.07, 6.45) is 3.00. The molecule has 0 radical (unpaired) electrons. The lowest BCUT2D eigenvalue weighted by atomic mass is 9.90. The molecule has 1 fully saturated rings. The molecule has 25 heavy (non-hydrogen) atoms. The van der Waals surface area contributed by atoms with E-state index in [1.165, 1.54) is 7.11 Å². The van der Waals surface area contributed by atoms with Crippen LogP contribution in [0, 0.1) is 5.92 Å². The first-order valence-electron chi connectivity index (χ1n) is 8.55. The molecule has 0 unspecified atom stereocenters. The number of pyridine rings is 1. The number of esters is 1. The number of hydrogen-bond acceptors (Lipinski definition) is 5. The molecule has 1 aliphatic rings. The second kappa shape index (κ2) is 8.74. The van der Waals surface area contributed by atoms with E-state index in [2.05, 4.69) is 4.98 Å². The normalized spacial score (nSPS) is 21.5. The Bertz CT molecular complexity index is 662. The average Bonchev–Trinajstić information content (AvgIpc) is 2.69. The van der Waals surface area contributed by atoms with E-state index < -0.39 is 6.29 Å². The van der Waals surface area contributed by atoms with Crippen LogP contribution in [0.3, 0.4) is 0 Å². The van der Waals surface area contributed by atoms with Crippen LogP contribution in [0.4, 0.5) is 0 Å². The maximum Gasteiger partial charge on any atom is 0.305 e. The van der Waals surface area contributed by atoms with Crippen molar-refractivity contribution in [3.8, 4) is 0 Å². The lowest BCUT2D eigenvalue weighted by molar-refractivity contribution is -0.230. The average molecular weight is 341 g/mol. The van der Waals surface area contributed by atoms with Gasteiger partial charge in [-0.3, -0.25) is 9.78 Å². The topological polar surface area (TPSA) is 57.7 Å². The highest BCUT2D eigenvalue weighted by Crippen LogP contribution is 2.32. The lowest BCUT2D eigenvalue weighted by Crippen LogP contribution is -2.35. The highest BCUT2D eigenvalue weighted by Gasteiger charge is 2.32. The first-order chi connectivity index (χ1) is 12.3. The molecule has 1 aromatic carbocycles. The maximum absolute atomic E-state index is 11.9. The van der Waals surface area contributed by atoms with Crippen LogP contribution in [0.2, 0.25) is 0 Å². The van der Waals surface area contributed by atoms with Crippen molar-refractivity contribution < 1.29 is 19.0 Å². The number of benzene rings is 1. The predicted octanol–water partition coefficient (Wildman–Crippen LogP) is 3.31. The van der Waals surface area contributed by atoms with E-state index in [1.54, 1.807) is 6.20 Å². The van der Waals surface area contributed by atoms with Crippen LogP contribution in [0.5, 0.6) is 0 Å². The molecule has 5 heteroatoms. The fourth-order valence-corrected chi connectivity index (χ4v) is 3.11. The van der Waals surface area contributed by atoms with Gasteiger partial charge in [0.25, 0.3) is 0 Å². The maximum atomic E-state index is 11.9. The number of rotatable bonds is 6. The third-order valence-corrected chi connectivity index (χ3v) is 4.42. The van der Waals surface area contributed by atoms with Crippen LogP contribution in [-0.4, -0.2) is 30.8 Å². The third-order valence-electron chi connectivity index (χ3n) is 4.42. The largest absolute Gasteiger partial charge is 0.469 e. The molecule has 1 saturated heterocycles. The van der Waals surface area contributed by atoms with Gasteiger partial charge >= 0.3 is 5.97 Å². The van der Waals surface area contributed by atoms with Gasteiger partial charge in [0.2, 0.25) is 0 Å². The molecule has 0 saturated carbocycles. The molecule has 1 aliphatic heterocycles. The van der Waals surface area contributed by atoms with Crippen molar-refractivity contribution in [2.75, 3.05) is 13.7 Å². The van der Waals surface area contributed by atoms with Gasteiger partial charge in [-0.15, -0.1) is 0 Å². The molecule has 132 valence electrons. The van der Waals surface area contributed by atoms with Crippen molar-refractivity contribution in [3.05, 3.63) is 66.0 Å². The molecule has 0 aliphatic carbocycles. The summed E-state index contributed by atoms with van der Waals surface area (Å²) in [7, 11) is 1.41. The van der Waals surface area contributed by atoms with Crippen molar-refractivity contribution in [1.29, 1.82) is 0 Å². The fourth-order valence-electron chi connectivity index (χ4n) is 3.11. The Morgan fingerprint density at radius 2 is 2.04 bits per heavy atom. The van der Waals surface area contributed by atoms with Crippen LogP contribution in [0.1, 0.15) is 30.4 Å². The molecule has 2 aromatic rings. The van der Waals surface area contributed by atoms with Crippen molar-refractivity contribution in [2.24, 2.45) is 5.92 Å². The van der Waals surface area contributed by atoms with Crippen molar-refractivity contribution in [3.63, 3.8) is 0 Å². The number of ether oxygens (including phenoxy) is 3. The standard InChI is InChI=1S/C20H23NO4/c1-23-19(22)14-16(13-17-9-5-6-11-21-17)18-10-12-24-20(25-18)15-7-3-2-4-8-15/h2-9,11,16,18,20H,10,12-14H2,1H3/t16-,18-,20-/m1/s1. The van der Waals surface area contributed by atoms with Gasteiger partial charge in [0.15, 0.2) is 6.29 Å². The first kappa shape index (κ1) is 17.6. The number of carbonyl (C=O) groups is 1. The minimum absolute atomic E-state index is 0.00235. The third kappa shape index (κ3) is 4.87. The Labute approximate surface area is 147 Å². The molecule has 0 spiro atoms. The Morgan fingerprint density at radius 3 is 2.76 bits per heavy atom. The van der Waals surface area contributed by atoms with Gasteiger partial charge in [0.1, 0.15) is 0 Å². The summed E-state index contributed by atoms with van der Waals surface area (Å²) >= 11 is 0. The van der Waals surface area contributed by atoms with E-state index in [0.717, 1.165) is 17.7 Å². The van der Waals surface area contributed by atoms with E-state index in [1.807, 2.05) is 48.5 Å². The minimum Gasteiger partial charge on any atom is -0.469 e. The number of hydrogen-bond donors (Lipinski definition) is 0. The van der Waals surface area contributed by atoms with Crippen molar-refractivity contribution in [2.45, 2.75) is 31.7 Å². The smallest absolute Gasteiger partial charge is 0.305 e. The van der Waals surface area contributed by atoms with E-state index >= 15 is 0 Å². The molecular formula is C20H23NO4. The fraction of sp³-hybridized carbons (Fsp3) is 0.400. The number of aromatic nitrogens is 1. The summed E-state index contributed by atoms with van der Waals surface area (Å²) in [5.74, 6) is -0.232. The Balaban J connectivity index is 1.73. The van der Waals surface area contributed by atoms with E-state index in [4.69, 9.17) is 14.2 Å². The van der Waals surface area contributed by atoms with Crippen LogP contribution < -0.4 is 0 Å². The highest BCUT2D eigenvalue weighted by atomic mass is 16.7. The summed E-state index contributed by atoms with van der Waals surface area (Å²) in [5, 5.41) is 0. The summed E-state index contributed by atoms with van der Waals surface area (Å²) in [4.78, 5) is 16.3. The Hall–Kier alpha value is -2.24. The van der Waals surface area contributed by atoms with Crippen LogP contribution >= 0.6 is 0 Å². The van der Waals surface area contributed by atoms with Crippen LogP contribution in [0.15, 0.2) is 54.7 Å². The quantitative estimate of drug-likeness (QED) is 0.755. The monoisotopic (exact) mass is 341 g/mol. The zero-order valence-corrected chi connectivity index (χ0v) is 14.3. The SMILES string of the molecule is COC(=O)C[C@@H](Cc1ccccn1)[C@H]1CCO[C@@H](c2ccccc2)O1. The van der Waals surface area contributed by atoms with Gasteiger partial charge in [0.05, 0.1) is 26.2 Å². The lowest BCUT2D eigenvalue weighted by Gasteiger charge is -2.35. The molecule has 0 amide bonds. The molecule has 0 N–H and O–H groups in total. The second-order valence-electron chi connectivity index (χ2n) is 6.14. The Kier molecular flexibility index (Phi) is 6.14. The summed E-state index contributed by atoms with van der Waals surface area (Å²) in [5.41, 5.74) is 1.93. The van der Waals surface area contributed by atoms with Gasteiger partial charge in [-0.1, -0.05) is 36.4 Å². The van der Waals surface area contributed by atoms with E-state index in [0.29, 0.717) is 19.4 Å². The summed E-state index contributed by atoms with van der Waals surface area (Å²) in [6, 6.07) is 15.7. The van der Waals surface area contributed by atoms with Crippen LogP contribution in [-0.2, 0) is 25.4 Å². The summed E-state index contributed by atoms with van der Waals surface area (Å²) in [6.45, 7) is 0.601. The Morgan fingerprint density at radius 1 is 1.24 bits per heavy atom. The van der Waals surface area contributed by atoms with Gasteiger partial charge in [-0.05, 0) is 25.0 Å².